The molecule has 0 bridgehead atoms. The first-order valence-electron chi connectivity index (χ1n) is 46.5. The lowest BCUT2D eigenvalue weighted by Crippen LogP contribution is -2.24. The van der Waals surface area contributed by atoms with Crippen molar-refractivity contribution in [3.63, 3.8) is 0 Å². The van der Waals surface area contributed by atoms with Crippen LogP contribution in [0.25, 0.3) is 115 Å². The van der Waals surface area contributed by atoms with E-state index in [0.29, 0.717) is 109 Å². The molecule has 0 radical (unpaired) electrons. The van der Waals surface area contributed by atoms with Gasteiger partial charge in [-0.05, 0) is 213 Å². The number of nitrogens with zero attached hydrogens (tertiary/aromatic N) is 9. The number of halogens is 1. The molecule has 36 heteroatoms. The maximum Gasteiger partial charge on any atom is 0.255 e. The molecule has 740 valence electrons. The average molecular weight is 1970 g/mol. The van der Waals surface area contributed by atoms with Gasteiger partial charge in [-0.15, -0.1) is 6.58 Å². The van der Waals surface area contributed by atoms with Crippen LogP contribution in [-0.4, -0.2) is 179 Å². The molecule has 0 aliphatic carbocycles. The number of nitrogens with one attached hydrogen (secondary N) is 10. The zero-order chi connectivity index (χ0) is 102. The number of fused-ring (bicyclic) bond motifs is 9. The van der Waals surface area contributed by atoms with Crippen LogP contribution in [0.3, 0.4) is 0 Å². The number of carbonyl (C=O) groups is 5. The number of rotatable bonds is 29. The molecular weight excluding hydrogens is 1870 g/mol. The van der Waals surface area contributed by atoms with E-state index in [1.165, 1.54) is 62.1 Å². The minimum atomic E-state index is -0.443. The van der Waals surface area contributed by atoms with Gasteiger partial charge in [-0.1, -0.05) is 72.9 Å². The standard InChI is InChI=1S/C25H22N4O3.C23H20N4O4.C22H21N3O3.C21H18N4O3.C20H17FN4O3/c1-31-24-19(25(30)27-15-17-3-2-11-26-14-17)6-8-21-23(24)20(28-29-21)7-4-16-5-9-22-18(13-16)10-12-32-22;1-29-22-16(23(28)25-13-20-24-9-11-31-20)4-6-18-21(22)17(26-27-18)5-2-14-3-7-19-15(12-14)8-10-30-19;1-3-11-23-22(26)16-6-8-18-20(21(16)27-2)17(24-25-18)7-4-14-5-9-19-15(13-14)10-12-28-19;1-27-20-15(21(26)23-10-9-22)4-6-17-19(20)16(24-25-17)5-2-13-3-7-18-14(12-13)8-11-28-18;1-27-17-11-12(3-6-14(17)21)4-7-15-18-16(25-24-15)8-5-13(19(18)28-2)20(26)23-10-9-22/h2-9,11,13-14H,10,12,15H2,1H3,(H,27,30)(H,28,29);2-7,9,11-12H,8,10,13H2,1H3,(H,25,28)(H,26,27);3-9,13H,1,10-12H2,2H3,(H,23,26)(H,24,25);2-7,12H,8,10-11H2,1H3,(H,23,26)(H,24,25);3-8,11H,10H2,1-2H3,(H,23,26)(H,24,25)/b7-4+;5-2+;7-4+;5-2+;7-4+. The van der Waals surface area contributed by atoms with Crippen LogP contribution in [0, 0.1) is 28.5 Å². The minimum Gasteiger partial charge on any atom is -0.495 e. The summed E-state index contributed by atoms with van der Waals surface area (Å²) in [6.45, 7) is 7.33. The quantitative estimate of drug-likeness (QED) is 0.0154. The van der Waals surface area contributed by atoms with E-state index in [1.807, 2.05) is 127 Å². The van der Waals surface area contributed by atoms with E-state index in [1.54, 1.807) is 119 Å². The van der Waals surface area contributed by atoms with E-state index in [-0.39, 0.29) is 49.0 Å². The topological polar surface area (TPSA) is 468 Å². The molecule has 0 unspecified atom stereocenters. The monoisotopic (exact) mass is 1970 g/mol. The van der Waals surface area contributed by atoms with Crippen LogP contribution in [0.15, 0.2) is 206 Å². The molecule has 21 rings (SSSR count). The third-order valence-electron chi connectivity index (χ3n) is 24.1. The van der Waals surface area contributed by atoms with E-state index < -0.39 is 11.7 Å². The van der Waals surface area contributed by atoms with Crippen LogP contribution in [0.5, 0.6) is 57.5 Å². The molecular formula is C111H98FN19O16. The van der Waals surface area contributed by atoms with Gasteiger partial charge in [0.15, 0.2) is 11.6 Å². The van der Waals surface area contributed by atoms with Crippen LogP contribution < -0.4 is 74.0 Å². The second-order valence-electron chi connectivity index (χ2n) is 33.1. The first-order chi connectivity index (χ1) is 71.9. The molecule has 4 aliphatic heterocycles. The minimum absolute atomic E-state index is 0.0692. The Balaban J connectivity index is 0.000000126. The van der Waals surface area contributed by atoms with Crippen molar-refractivity contribution >= 4 is 145 Å². The van der Waals surface area contributed by atoms with Gasteiger partial charge in [0.1, 0.15) is 71.1 Å². The lowest BCUT2D eigenvalue weighted by Gasteiger charge is -2.11. The summed E-state index contributed by atoms with van der Waals surface area (Å²) in [6, 6.07) is 53.7. The Labute approximate surface area is 840 Å². The molecule has 17 aromatic rings. The molecule has 11 heterocycles. The zero-order valence-electron chi connectivity index (χ0n) is 80.6. The number of pyridine rings is 1. The summed E-state index contributed by atoms with van der Waals surface area (Å²) in [6.07, 6.45) is 31.0. The van der Waals surface area contributed by atoms with Gasteiger partial charge in [0.05, 0.1) is 205 Å². The van der Waals surface area contributed by atoms with Crippen molar-refractivity contribution in [3.05, 3.63) is 325 Å². The molecule has 147 heavy (non-hydrogen) atoms. The van der Waals surface area contributed by atoms with Crippen molar-refractivity contribution in [1.82, 2.24) is 87.5 Å². The van der Waals surface area contributed by atoms with Crippen LogP contribution in [0.4, 0.5) is 4.39 Å². The van der Waals surface area contributed by atoms with Crippen molar-refractivity contribution in [2.75, 3.05) is 88.7 Å². The summed E-state index contributed by atoms with van der Waals surface area (Å²) in [5, 5.41) is 71.1. The summed E-state index contributed by atoms with van der Waals surface area (Å²) in [4.78, 5) is 70.8. The summed E-state index contributed by atoms with van der Waals surface area (Å²) in [5.41, 5.74) is 19.9. The normalized spacial score (nSPS) is 12.3. The van der Waals surface area contributed by atoms with Gasteiger partial charge in [0, 0.05) is 51.2 Å². The fourth-order valence-corrected chi connectivity index (χ4v) is 17.0. The van der Waals surface area contributed by atoms with Crippen LogP contribution in [-0.2, 0) is 38.8 Å². The van der Waals surface area contributed by atoms with Crippen LogP contribution in [0.2, 0.25) is 0 Å². The zero-order valence-corrected chi connectivity index (χ0v) is 80.6. The third-order valence-corrected chi connectivity index (χ3v) is 24.1. The number of carbonyl (C=O) groups excluding carboxylic acids is 5. The molecule has 10 aromatic carbocycles. The van der Waals surface area contributed by atoms with Gasteiger partial charge in [-0.3, -0.25) is 54.5 Å². The van der Waals surface area contributed by atoms with Crippen molar-refractivity contribution in [2.45, 2.75) is 38.8 Å². The summed E-state index contributed by atoms with van der Waals surface area (Å²) < 4.78 is 73.8. The molecule has 35 nitrogen and oxygen atoms in total. The molecule has 0 fully saturated rings. The lowest BCUT2D eigenvalue weighted by molar-refractivity contribution is 0.0937. The average Bonchev–Trinajstić information content (AvgIpc) is 1.68. The number of amides is 5. The maximum absolute atomic E-state index is 13.6. The highest BCUT2D eigenvalue weighted by atomic mass is 19.1. The summed E-state index contributed by atoms with van der Waals surface area (Å²) in [5.74, 6) is 4.64. The first-order valence-corrected chi connectivity index (χ1v) is 46.5. The van der Waals surface area contributed by atoms with Gasteiger partial charge >= 0.3 is 0 Å². The highest BCUT2D eigenvalue weighted by molar-refractivity contribution is 6.10. The second-order valence-corrected chi connectivity index (χ2v) is 33.1. The van der Waals surface area contributed by atoms with Crippen molar-refractivity contribution in [1.29, 1.82) is 10.5 Å². The fraction of sp³-hybridized carbons (Fsp3) is 0.171. The molecule has 4 aliphatic rings. The van der Waals surface area contributed by atoms with E-state index in [9.17, 15) is 28.4 Å². The number of aromatic nitrogens is 12. The Hall–Kier alpha value is -19.4. The maximum atomic E-state index is 13.6. The lowest BCUT2D eigenvalue weighted by atomic mass is 10.1. The van der Waals surface area contributed by atoms with E-state index >= 15 is 0 Å². The Morgan fingerprint density at radius 1 is 0.388 bits per heavy atom. The first kappa shape index (κ1) is 99.2. The number of aromatic amines is 5. The van der Waals surface area contributed by atoms with Crippen LogP contribution in [0.1, 0.15) is 142 Å². The highest BCUT2D eigenvalue weighted by Crippen LogP contribution is 2.41. The molecule has 0 spiro atoms. The largest absolute Gasteiger partial charge is 0.495 e. The third kappa shape index (κ3) is 22.8. The highest BCUT2D eigenvalue weighted by Gasteiger charge is 2.27. The number of nitriles is 2. The van der Waals surface area contributed by atoms with Crippen molar-refractivity contribution in [2.24, 2.45) is 0 Å². The smallest absolute Gasteiger partial charge is 0.255 e. The summed E-state index contributed by atoms with van der Waals surface area (Å²) >= 11 is 0. The number of oxazole rings is 1. The summed E-state index contributed by atoms with van der Waals surface area (Å²) in [7, 11) is 9.03. The van der Waals surface area contributed by atoms with Crippen molar-refractivity contribution < 1.29 is 80.1 Å². The molecule has 10 N–H and O–H groups in total. The van der Waals surface area contributed by atoms with E-state index in [4.69, 9.17) is 62.3 Å². The van der Waals surface area contributed by atoms with Gasteiger partial charge in [0.25, 0.3) is 29.5 Å². The van der Waals surface area contributed by atoms with Gasteiger partial charge < -0.3 is 78.4 Å². The number of ether oxygens (including phenoxy) is 10. The Morgan fingerprint density at radius 3 is 1.01 bits per heavy atom. The number of hydrogen-bond donors (Lipinski definition) is 10. The predicted molar refractivity (Wildman–Crippen MR) is 555 cm³/mol. The molecule has 7 aromatic heterocycles. The van der Waals surface area contributed by atoms with Crippen molar-refractivity contribution in [3.8, 4) is 69.6 Å². The Morgan fingerprint density at radius 2 is 0.707 bits per heavy atom. The predicted octanol–water partition coefficient (Wildman–Crippen LogP) is 17.3. The Bertz CT molecular complexity index is 7930. The SMILES string of the molecule is C=CCNC(=O)c1ccc2n[nH]c(/C=C/c3ccc4c(c3)CCO4)c2c1OC.COc1c(C(=O)NCC#N)ccc2n[nH]c(/C=C/c3ccc4c(c3)CCO4)c12.COc1c(C(=O)NCc2cccnc2)ccc2n[nH]c(/C=C/c3ccc4c(c3)CCO4)c12.COc1c(C(=O)NCc2ncco2)ccc2n[nH]c(/C=C/c3ccc4c(c3)CCO4)c12.COc1cc(/C=C/c2[nH]nc3ccc(C(=O)NCC#N)c(OC)c23)ccc1F. The molecule has 0 saturated carbocycles. The number of benzene rings is 10. The Kier molecular flexibility index (Phi) is 31.6. The van der Waals surface area contributed by atoms with Gasteiger partial charge in [0.2, 0.25) is 5.89 Å². The number of H-pyrrole nitrogens is 5. The number of methoxy groups -OCH3 is 6. The van der Waals surface area contributed by atoms with Crippen LogP contribution >= 0.6 is 0 Å². The van der Waals surface area contributed by atoms with E-state index in [2.05, 4.69) is 118 Å². The second kappa shape index (κ2) is 46.8. The molecule has 0 atom stereocenters. The fourth-order valence-electron chi connectivity index (χ4n) is 17.0. The molecule has 5 amide bonds. The van der Waals surface area contributed by atoms with E-state index in [0.717, 1.165) is 158 Å². The van der Waals surface area contributed by atoms with Gasteiger partial charge in [-0.25, -0.2) is 9.37 Å². The van der Waals surface area contributed by atoms with Gasteiger partial charge in [-0.2, -0.15) is 36.0 Å². The molecule has 0 saturated heterocycles. The number of hydrogen-bond acceptors (Lipinski definition) is 25.